The number of nitrogens with zero attached hydrogens (tertiary/aromatic N) is 5. The normalized spacial score (nSPS) is 33.1. The summed E-state index contributed by atoms with van der Waals surface area (Å²) in [5.41, 5.74) is 5.62. The van der Waals surface area contributed by atoms with Crippen molar-refractivity contribution in [3.05, 3.63) is 30.5 Å². The molecule has 0 bridgehead atoms. The number of esters is 1. The van der Waals surface area contributed by atoms with Crippen molar-refractivity contribution in [2.24, 2.45) is 17.8 Å². The molecule has 0 saturated carbocycles. The number of aliphatic carboxylic acids is 1. The summed E-state index contributed by atoms with van der Waals surface area (Å²) in [5.74, 6) is -4.54. The number of aliphatic hydroxyl groups excluding tert-OH is 1. The molecule has 1 aromatic carbocycles. The van der Waals surface area contributed by atoms with E-state index in [4.69, 9.17) is 29.4 Å². The summed E-state index contributed by atoms with van der Waals surface area (Å²) < 4.78 is 43.8. The van der Waals surface area contributed by atoms with Crippen LogP contribution in [0.15, 0.2) is 30.5 Å². The number of halogens is 1. The van der Waals surface area contributed by atoms with Gasteiger partial charge in [0.2, 0.25) is 0 Å². The summed E-state index contributed by atoms with van der Waals surface area (Å²) in [6.45, 7) is 15.7. The van der Waals surface area contributed by atoms with Crippen molar-refractivity contribution in [1.29, 1.82) is 0 Å². The number of nitrogens with one attached hydrogen (secondary N) is 2. The van der Waals surface area contributed by atoms with Crippen LogP contribution in [-0.2, 0) is 44.6 Å². The van der Waals surface area contributed by atoms with Gasteiger partial charge in [-0.15, -0.1) is 5.10 Å². The number of fused-ring (bicyclic) bond motifs is 1. The Morgan fingerprint density at radius 3 is 2.46 bits per heavy atom. The lowest BCUT2D eigenvalue weighted by Gasteiger charge is -2.46. The first kappa shape index (κ1) is 57.6. The molecule has 14 atom stereocenters. The third-order valence-electron chi connectivity index (χ3n) is 13.9. The number of nitrogen functional groups attached to an aromatic ring is 1. The van der Waals surface area contributed by atoms with Gasteiger partial charge in [-0.1, -0.05) is 38.1 Å². The summed E-state index contributed by atoms with van der Waals surface area (Å²) in [4.78, 5) is 58.5. The predicted molar refractivity (Wildman–Crippen MR) is 261 cm³/mol. The number of rotatable bonds is 16. The number of carbonyl (C=O) groups is 4. The van der Waals surface area contributed by atoms with Gasteiger partial charge >= 0.3 is 18.0 Å². The molecule has 0 radical (unpaired) electrons. The number of likely N-dealkylation sites (N-methyl/N-ethyl adjacent to an activating group) is 1. The molecule has 390 valence electrons. The van der Waals surface area contributed by atoms with Crippen LogP contribution in [0.25, 0.3) is 11.3 Å². The van der Waals surface area contributed by atoms with Gasteiger partial charge in [-0.3, -0.25) is 24.0 Å². The van der Waals surface area contributed by atoms with Gasteiger partial charge in [0.05, 0.1) is 30.0 Å². The van der Waals surface area contributed by atoms with E-state index in [1.807, 2.05) is 71.1 Å². The minimum Gasteiger partial charge on any atom is -0.480 e. The summed E-state index contributed by atoms with van der Waals surface area (Å²) in [6.07, 6.45) is 1.10. The van der Waals surface area contributed by atoms with Crippen molar-refractivity contribution in [2.45, 2.75) is 167 Å². The maximum atomic E-state index is 14.5. The highest BCUT2D eigenvalue weighted by molar-refractivity contribution is 7.93. The summed E-state index contributed by atoms with van der Waals surface area (Å²) in [5, 5.41) is 36.7. The van der Waals surface area contributed by atoms with E-state index in [1.165, 1.54) is 13.2 Å². The van der Waals surface area contributed by atoms with Crippen molar-refractivity contribution in [3.63, 3.8) is 0 Å². The topological polar surface area (TPSA) is 242 Å². The van der Waals surface area contributed by atoms with E-state index in [1.54, 1.807) is 43.5 Å². The number of aryl methyl sites for hydroxylation is 1. The molecule has 2 aromatic rings. The molecule has 19 nitrogen and oxygen atoms in total. The Balaban J connectivity index is 0.00000336. The first-order valence-electron chi connectivity index (χ1n) is 24.1. The lowest BCUT2D eigenvalue weighted by atomic mass is 9.78. The van der Waals surface area contributed by atoms with Crippen LogP contribution in [0.4, 0.5) is 14.4 Å². The fourth-order valence-corrected chi connectivity index (χ4v) is 10.1. The average Bonchev–Trinajstić information content (AvgIpc) is 3.88. The first-order valence-corrected chi connectivity index (χ1v) is 25.2. The van der Waals surface area contributed by atoms with Crippen molar-refractivity contribution in [1.82, 2.24) is 35.4 Å². The molecule has 3 aliphatic heterocycles. The SMILES string of the molecule is CC[C@H]1OC(=O)[C@H](C)C(=O)[C@H](C)[C@@H](O[C@@H]2O[C@H](C)CC(N(C)C)C2O)[C@](C)(OC)C[C@@H](C)CN[C@H](CCN[C@H](C)C(=O)O)[C@H]2N(CCCCn3cc(-c4cccc(N)c4)nn3)C(=O)O[C@]12C.CSF. The number of ether oxygens (including phenoxy) is 5. The molecule has 1 aromatic heterocycles. The number of carboxylic acids is 1. The fraction of sp³-hybridized carbons (Fsp3) is 0.750. The van der Waals surface area contributed by atoms with Gasteiger partial charge in [0.15, 0.2) is 17.7 Å². The molecular weight excluding hydrogens is 916 g/mol. The Hall–Kier alpha value is -3.96. The Bertz CT molecular complexity index is 1990. The quantitative estimate of drug-likeness (QED) is 0.0647. The van der Waals surface area contributed by atoms with Crippen LogP contribution in [-0.4, -0.2) is 172 Å². The second-order valence-electron chi connectivity index (χ2n) is 19.6. The van der Waals surface area contributed by atoms with Crippen LogP contribution in [0.2, 0.25) is 0 Å². The largest absolute Gasteiger partial charge is 0.480 e. The van der Waals surface area contributed by atoms with Gasteiger partial charge in [-0.25, -0.2) is 4.79 Å². The van der Waals surface area contributed by atoms with E-state index in [0.29, 0.717) is 63.1 Å². The van der Waals surface area contributed by atoms with Gasteiger partial charge < -0.3 is 55.2 Å². The van der Waals surface area contributed by atoms with E-state index < -0.39 is 89.6 Å². The van der Waals surface area contributed by atoms with Crippen molar-refractivity contribution >= 4 is 41.7 Å². The zero-order chi connectivity index (χ0) is 51.4. The standard InChI is InChI=1S/C47H76N8O11.CH3FS/c1-12-37-47(8)40(55(45(61)66-47)21-14-13-20-54-26-35(51-52-54)32-16-15-17-33(48)23-32)34(18-19-49-31(6)42(58)59)50-25-27(2)24-46(7,62-11)41(29(4)38(56)30(5)43(60)64-37)65-44-39(57)36(53(9)10)22-28(3)63-44;1-3-2/h15-17,23,26-31,34,36-37,39-41,44,49-50,57H,12-14,18-22,24-25,48H2,1-11H3,(H,58,59);1H3/t27-,28-,29+,30-,31-,34-,36?,37-,39?,40-,41-,44+,46-,47-;/m1./s1. The van der Waals surface area contributed by atoms with Gasteiger partial charge in [-0.05, 0) is 118 Å². The predicted octanol–water partition coefficient (Wildman–Crippen LogP) is 4.95. The number of carboxylic acid groups (broad SMARTS) is 1. The molecule has 3 aliphatic rings. The molecule has 1 amide bonds. The number of methoxy groups -OCH3 is 1. The monoisotopic (exact) mass is 995 g/mol. The number of aliphatic hydroxyl groups is 1. The van der Waals surface area contributed by atoms with Crippen molar-refractivity contribution < 1.29 is 57.0 Å². The summed E-state index contributed by atoms with van der Waals surface area (Å²) in [7, 11) is 5.32. The minimum absolute atomic E-state index is 0.137. The molecular formula is C48H79FN8O11S. The number of cyclic esters (lactones) is 1. The number of benzene rings is 1. The van der Waals surface area contributed by atoms with Crippen LogP contribution in [0.1, 0.15) is 93.9 Å². The maximum absolute atomic E-state index is 14.5. The summed E-state index contributed by atoms with van der Waals surface area (Å²) in [6, 6.07) is 5.11. The highest BCUT2D eigenvalue weighted by atomic mass is 32.2. The molecule has 69 heavy (non-hydrogen) atoms. The smallest absolute Gasteiger partial charge is 0.410 e. The maximum Gasteiger partial charge on any atom is 0.410 e. The molecule has 3 saturated heterocycles. The van der Waals surface area contributed by atoms with Gasteiger partial charge in [0.25, 0.3) is 0 Å². The molecule has 6 N–H and O–H groups in total. The fourth-order valence-electron chi connectivity index (χ4n) is 10.1. The van der Waals surface area contributed by atoms with Crippen LogP contribution in [0.5, 0.6) is 0 Å². The van der Waals surface area contributed by atoms with Gasteiger partial charge in [0, 0.05) is 67.9 Å². The molecule has 21 heteroatoms. The highest BCUT2D eigenvalue weighted by Crippen LogP contribution is 2.41. The Morgan fingerprint density at radius 2 is 1.84 bits per heavy atom. The molecule has 4 heterocycles. The molecule has 0 spiro atoms. The number of ketones is 1. The van der Waals surface area contributed by atoms with E-state index in [2.05, 4.69) is 20.9 Å². The number of carbonyl (C=O) groups excluding carboxylic acids is 3. The number of hydrogen-bond acceptors (Lipinski definition) is 17. The number of anilines is 1. The van der Waals surface area contributed by atoms with E-state index in [0.717, 1.165) is 5.56 Å². The summed E-state index contributed by atoms with van der Waals surface area (Å²) >= 11 is 0.250. The Morgan fingerprint density at radius 1 is 1.16 bits per heavy atom. The van der Waals surface area contributed by atoms with Gasteiger partial charge in [0.1, 0.15) is 29.9 Å². The van der Waals surface area contributed by atoms with Crippen molar-refractivity contribution in [3.8, 4) is 11.3 Å². The number of hydrogen-bond donors (Lipinski definition) is 5. The van der Waals surface area contributed by atoms with Crippen molar-refractivity contribution in [2.75, 3.05) is 52.8 Å². The van der Waals surface area contributed by atoms with Gasteiger partial charge in [-0.2, -0.15) is 3.89 Å². The minimum atomic E-state index is -1.39. The highest BCUT2D eigenvalue weighted by Gasteiger charge is 2.59. The van der Waals surface area contributed by atoms with Crippen LogP contribution in [0.3, 0.4) is 0 Å². The van der Waals surface area contributed by atoms with Crippen LogP contribution < -0.4 is 16.4 Å². The van der Waals surface area contributed by atoms with E-state index in [-0.39, 0.29) is 43.2 Å². The average molecular weight is 995 g/mol. The lowest BCUT2D eigenvalue weighted by molar-refractivity contribution is -0.295. The first-order chi connectivity index (χ1) is 32.5. The van der Waals surface area contributed by atoms with E-state index >= 15 is 0 Å². The third kappa shape index (κ3) is 14.6. The molecule has 5 rings (SSSR count). The Labute approximate surface area is 411 Å². The second kappa shape index (κ2) is 25.9. The number of Topliss-reactive ketones (excluding diaryl/α,β-unsaturated/α-hetero) is 1. The number of aromatic nitrogens is 3. The lowest BCUT2D eigenvalue weighted by Crippen LogP contribution is -2.62. The molecule has 2 unspecified atom stereocenters. The third-order valence-corrected chi connectivity index (χ3v) is 13.9. The molecule has 0 aliphatic carbocycles. The Kier molecular flexibility index (Phi) is 21.7. The molecule has 3 fully saturated rings. The zero-order valence-corrected chi connectivity index (χ0v) is 43.4. The second-order valence-corrected chi connectivity index (χ2v) is 19.9. The van der Waals surface area contributed by atoms with Crippen LogP contribution >= 0.6 is 12.1 Å². The number of amides is 1. The van der Waals surface area contributed by atoms with Crippen LogP contribution in [0, 0.1) is 17.8 Å². The zero-order valence-electron chi connectivity index (χ0n) is 42.6. The number of nitrogens with two attached hydrogens (primary N) is 1. The number of unbranched alkanes of at least 4 members (excludes halogenated alkanes) is 1. The van der Waals surface area contributed by atoms with E-state index in [9.17, 15) is 33.3 Å².